The van der Waals surface area contributed by atoms with Gasteiger partial charge in [-0.3, -0.25) is 4.79 Å². The van der Waals surface area contributed by atoms with Crippen LogP contribution >= 0.6 is 11.3 Å². The van der Waals surface area contributed by atoms with E-state index < -0.39 is 6.61 Å². The molecule has 0 radical (unpaired) electrons. The third-order valence-electron chi connectivity index (χ3n) is 5.07. The fraction of sp³-hybridized carbons (Fsp3) is 0.261. The zero-order valence-electron chi connectivity index (χ0n) is 18.0. The Bertz CT molecular complexity index is 1260. The summed E-state index contributed by atoms with van der Waals surface area (Å²) in [6, 6.07) is 10.4. The number of fused-ring (bicyclic) bond motifs is 1. The first-order chi connectivity index (χ1) is 16.0. The number of alkyl halides is 2. The third kappa shape index (κ3) is 4.95. The second-order valence-electron chi connectivity index (χ2n) is 7.10. The summed E-state index contributed by atoms with van der Waals surface area (Å²) >= 11 is 1.55. The van der Waals surface area contributed by atoms with Crippen molar-refractivity contribution in [2.24, 2.45) is 0 Å². The van der Waals surface area contributed by atoms with E-state index in [4.69, 9.17) is 9.72 Å². The van der Waals surface area contributed by atoms with E-state index in [-0.39, 0.29) is 17.4 Å². The first-order valence-corrected chi connectivity index (χ1v) is 11.2. The molecule has 0 unspecified atom stereocenters. The number of ether oxygens (including phenoxy) is 2. The molecule has 0 aliphatic heterocycles. The number of aromatic nitrogens is 3. The quantitative estimate of drug-likeness (QED) is 0.380. The molecule has 0 saturated carbocycles. The van der Waals surface area contributed by atoms with Crippen LogP contribution in [0.1, 0.15) is 22.8 Å². The van der Waals surface area contributed by atoms with Crippen molar-refractivity contribution < 1.29 is 23.0 Å². The van der Waals surface area contributed by atoms with Gasteiger partial charge in [-0.25, -0.2) is 9.67 Å². The zero-order valence-corrected chi connectivity index (χ0v) is 18.9. The minimum absolute atomic E-state index is 0.0338. The Balaban J connectivity index is 1.52. The molecule has 4 rings (SSSR count). The number of thiophene rings is 1. The molecule has 3 aromatic heterocycles. The van der Waals surface area contributed by atoms with Crippen LogP contribution in [0.3, 0.4) is 0 Å². The summed E-state index contributed by atoms with van der Waals surface area (Å²) in [5.41, 5.74) is 2.69. The molecular weight excluding hydrogens is 450 g/mol. The highest BCUT2D eigenvalue weighted by Crippen LogP contribution is 2.30. The SMILES string of the molecule is CCn1ncc2c(C(=O)NCCc3ccc(OC(F)F)c(OC)c3)cc(-c3cccs3)nc21. The Morgan fingerprint density at radius 1 is 1.24 bits per heavy atom. The molecule has 0 aliphatic rings. The van der Waals surface area contributed by atoms with E-state index in [1.165, 1.54) is 13.2 Å². The highest BCUT2D eigenvalue weighted by atomic mass is 32.1. The summed E-state index contributed by atoms with van der Waals surface area (Å²) in [5.74, 6) is -0.0588. The molecule has 3 heterocycles. The van der Waals surface area contributed by atoms with Crippen LogP contribution < -0.4 is 14.8 Å². The number of rotatable bonds is 9. The van der Waals surface area contributed by atoms with Gasteiger partial charge in [0.2, 0.25) is 0 Å². The van der Waals surface area contributed by atoms with Crippen molar-refractivity contribution in [3.05, 3.63) is 59.1 Å². The van der Waals surface area contributed by atoms with Crippen LogP contribution in [0.25, 0.3) is 21.6 Å². The minimum Gasteiger partial charge on any atom is -0.493 e. The lowest BCUT2D eigenvalue weighted by molar-refractivity contribution is -0.0512. The Kier molecular flexibility index (Phi) is 6.83. The van der Waals surface area contributed by atoms with E-state index in [2.05, 4.69) is 15.2 Å². The average molecular weight is 473 g/mol. The van der Waals surface area contributed by atoms with Crippen LogP contribution in [0, 0.1) is 0 Å². The molecule has 1 aromatic carbocycles. The van der Waals surface area contributed by atoms with Gasteiger partial charge >= 0.3 is 6.61 Å². The second kappa shape index (κ2) is 9.95. The summed E-state index contributed by atoms with van der Waals surface area (Å²) in [4.78, 5) is 18.8. The Hall–Kier alpha value is -3.53. The number of nitrogens with zero attached hydrogens (tertiary/aromatic N) is 3. The number of halogens is 2. The highest BCUT2D eigenvalue weighted by Gasteiger charge is 2.18. The molecule has 0 aliphatic carbocycles. The first kappa shape index (κ1) is 22.7. The monoisotopic (exact) mass is 472 g/mol. The number of hydrogen-bond donors (Lipinski definition) is 1. The standard InChI is InChI=1S/C23H22F2N4O3S/c1-3-29-21-16(13-27-29)15(12-17(28-21)20-5-4-10-33-20)22(30)26-9-8-14-6-7-18(32-23(24)25)19(11-14)31-2/h4-7,10-13,23H,3,8-9H2,1-2H3,(H,26,30). The van der Waals surface area contributed by atoms with Crippen molar-refractivity contribution in [2.45, 2.75) is 26.5 Å². The molecule has 33 heavy (non-hydrogen) atoms. The van der Waals surface area contributed by atoms with Gasteiger partial charge in [-0.05, 0) is 48.6 Å². The molecule has 10 heteroatoms. The molecule has 0 spiro atoms. The number of methoxy groups -OCH3 is 1. The van der Waals surface area contributed by atoms with Gasteiger partial charge in [0, 0.05) is 13.1 Å². The maximum absolute atomic E-state index is 13.1. The molecule has 7 nitrogen and oxygen atoms in total. The van der Waals surface area contributed by atoms with Gasteiger partial charge in [0.1, 0.15) is 0 Å². The molecule has 4 aromatic rings. The van der Waals surface area contributed by atoms with Gasteiger partial charge in [0.25, 0.3) is 5.91 Å². The van der Waals surface area contributed by atoms with Crippen molar-refractivity contribution >= 4 is 28.3 Å². The van der Waals surface area contributed by atoms with Gasteiger partial charge in [-0.15, -0.1) is 11.3 Å². The molecule has 0 saturated heterocycles. The predicted molar refractivity (Wildman–Crippen MR) is 122 cm³/mol. The maximum Gasteiger partial charge on any atom is 0.387 e. The number of pyridine rings is 1. The number of benzene rings is 1. The van der Waals surface area contributed by atoms with Crippen molar-refractivity contribution in [3.8, 4) is 22.1 Å². The van der Waals surface area contributed by atoms with Gasteiger partial charge in [-0.1, -0.05) is 12.1 Å². The topological polar surface area (TPSA) is 78.3 Å². The van der Waals surface area contributed by atoms with Crippen LogP contribution in [0.2, 0.25) is 0 Å². The average Bonchev–Trinajstić information content (AvgIpc) is 3.48. The maximum atomic E-state index is 13.1. The minimum atomic E-state index is -2.93. The van der Waals surface area contributed by atoms with Gasteiger partial charge < -0.3 is 14.8 Å². The number of hydrogen-bond acceptors (Lipinski definition) is 6. The molecule has 0 atom stereocenters. The largest absolute Gasteiger partial charge is 0.493 e. The van der Waals surface area contributed by atoms with E-state index in [1.54, 1.807) is 40.4 Å². The summed E-state index contributed by atoms with van der Waals surface area (Å²) < 4.78 is 36.4. The Labute approximate surface area is 193 Å². The summed E-state index contributed by atoms with van der Waals surface area (Å²) in [6.07, 6.45) is 2.14. The molecular formula is C23H22F2N4O3S. The highest BCUT2D eigenvalue weighted by molar-refractivity contribution is 7.13. The Morgan fingerprint density at radius 3 is 2.79 bits per heavy atom. The van der Waals surface area contributed by atoms with Gasteiger partial charge in [0.05, 0.1) is 34.8 Å². The number of amides is 1. The van der Waals surface area contributed by atoms with Crippen molar-refractivity contribution in [1.82, 2.24) is 20.1 Å². The molecule has 172 valence electrons. The van der Waals surface area contributed by atoms with Crippen LogP contribution in [-0.2, 0) is 13.0 Å². The smallest absolute Gasteiger partial charge is 0.387 e. The summed E-state index contributed by atoms with van der Waals surface area (Å²) in [7, 11) is 1.38. The molecule has 0 fully saturated rings. The molecule has 1 N–H and O–H groups in total. The normalized spacial score (nSPS) is 11.2. The third-order valence-corrected chi connectivity index (χ3v) is 5.96. The number of nitrogens with one attached hydrogen (secondary N) is 1. The Morgan fingerprint density at radius 2 is 2.09 bits per heavy atom. The van der Waals surface area contributed by atoms with E-state index >= 15 is 0 Å². The van der Waals surface area contributed by atoms with Gasteiger partial charge in [0.15, 0.2) is 17.1 Å². The van der Waals surface area contributed by atoms with Crippen molar-refractivity contribution in [2.75, 3.05) is 13.7 Å². The number of carbonyl (C=O) groups is 1. The van der Waals surface area contributed by atoms with E-state index in [0.29, 0.717) is 36.1 Å². The fourth-order valence-corrected chi connectivity index (χ4v) is 4.18. The fourth-order valence-electron chi connectivity index (χ4n) is 3.49. The molecule has 0 bridgehead atoms. The van der Waals surface area contributed by atoms with Crippen LogP contribution in [0.5, 0.6) is 11.5 Å². The predicted octanol–water partition coefficient (Wildman–Crippen LogP) is 4.76. The second-order valence-corrected chi connectivity index (χ2v) is 8.05. The van der Waals surface area contributed by atoms with E-state index in [9.17, 15) is 13.6 Å². The van der Waals surface area contributed by atoms with E-state index in [1.807, 2.05) is 24.4 Å². The summed E-state index contributed by atoms with van der Waals surface area (Å²) in [6.45, 7) is 0.0186. The number of aryl methyl sites for hydroxylation is 1. The van der Waals surface area contributed by atoms with Crippen molar-refractivity contribution in [1.29, 1.82) is 0 Å². The van der Waals surface area contributed by atoms with Crippen molar-refractivity contribution in [3.63, 3.8) is 0 Å². The first-order valence-electron chi connectivity index (χ1n) is 10.3. The number of carbonyl (C=O) groups excluding carboxylic acids is 1. The lowest BCUT2D eigenvalue weighted by atomic mass is 10.1. The zero-order chi connectivity index (χ0) is 23.4. The van der Waals surface area contributed by atoms with Crippen LogP contribution in [0.15, 0.2) is 48.0 Å². The lowest BCUT2D eigenvalue weighted by Crippen LogP contribution is -2.26. The van der Waals surface area contributed by atoms with Crippen LogP contribution in [0.4, 0.5) is 8.78 Å². The van der Waals surface area contributed by atoms with Gasteiger partial charge in [-0.2, -0.15) is 13.9 Å². The molecule has 1 amide bonds. The van der Waals surface area contributed by atoms with Crippen LogP contribution in [-0.4, -0.2) is 40.9 Å². The summed E-state index contributed by atoms with van der Waals surface area (Å²) in [5, 5.41) is 9.93. The van der Waals surface area contributed by atoms with E-state index in [0.717, 1.165) is 16.1 Å². The lowest BCUT2D eigenvalue weighted by Gasteiger charge is -2.12.